The lowest BCUT2D eigenvalue weighted by atomic mass is 10.4. The van der Waals surface area contributed by atoms with E-state index in [1.807, 2.05) is 12.1 Å². The third kappa shape index (κ3) is 2.20. The van der Waals surface area contributed by atoms with Crippen LogP contribution in [0.15, 0.2) is 32.8 Å². The number of aromatic nitrogens is 2. The van der Waals surface area contributed by atoms with Crippen molar-refractivity contribution in [1.29, 1.82) is 0 Å². The molecule has 0 spiro atoms. The van der Waals surface area contributed by atoms with Crippen LogP contribution in [-0.2, 0) is 0 Å². The Morgan fingerprint density at radius 2 is 2.25 bits per heavy atom. The average molecular weight is 249 g/mol. The van der Waals surface area contributed by atoms with E-state index in [1.165, 1.54) is 17.1 Å². The molecule has 82 valence electrons. The molecule has 16 heavy (non-hydrogen) atoms. The largest absolute Gasteiger partial charge is 0.384 e. The fourth-order valence-electron chi connectivity index (χ4n) is 1.46. The van der Waals surface area contributed by atoms with Gasteiger partial charge in [0.2, 0.25) is 0 Å². The third-order valence-electron chi connectivity index (χ3n) is 2.38. The molecule has 0 saturated heterocycles. The zero-order valence-corrected chi connectivity index (χ0v) is 10.2. The van der Waals surface area contributed by atoms with E-state index in [0.717, 1.165) is 10.9 Å². The first-order chi connectivity index (χ1) is 7.81. The fourth-order valence-corrected chi connectivity index (χ4v) is 3.20. The lowest BCUT2D eigenvalue weighted by molar-refractivity contribution is 0.884. The average Bonchev–Trinajstić information content (AvgIpc) is 2.98. The summed E-state index contributed by atoms with van der Waals surface area (Å²) >= 11 is 3.37. The molecule has 1 aliphatic carbocycles. The molecule has 1 fully saturated rings. The fraction of sp³-hybridized carbons (Fsp3) is 0.273. The Morgan fingerprint density at radius 1 is 1.38 bits per heavy atom. The van der Waals surface area contributed by atoms with Crippen molar-refractivity contribution in [2.45, 2.75) is 28.0 Å². The predicted octanol–water partition coefficient (Wildman–Crippen LogP) is 3.15. The molecule has 1 aliphatic rings. The molecule has 2 heterocycles. The van der Waals surface area contributed by atoms with E-state index in [0.29, 0.717) is 11.7 Å². The minimum absolute atomic E-state index is 0.547. The van der Waals surface area contributed by atoms with Gasteiger partial charge in [0.05, 0.1) is 4.21 Å². The molecule has 0 bridgehead atoms. The lowest BCUT2D eigenvalue weighted by Crippen LogP contribution is -1.99. The molecular weight excluding hydrogens is 238 g/mol. The van der Waals surface area contributed by atoms with E-state index in [1.54, 1.807) is 23.1 Å². The van der Waals surface area contributed by atoms with Gasteiger partial charge in [0.1, 0.15) is 16.7 Å². The van der Waals surface area contributed by atoms with E-state index in [4.69, 9.17) is 5.73 Å². The number of hydrogen-bond donors (Lipinski definition) is 1. The highest BCUT2D eigenvalue weighted by Gasteiger charge is 2.27. The number of nitrogen functional groups attached to an aromatic ring is 1. The van der Waals surface area contributed by atoms with E-state index in [-0.39, 0.29) is 0 Å². The summed E-state index contributed by atoms with van der Waals surface area (Å²) in [6, 6.07) is 5.97. The summed E-state index contributed by atoms with van der Waals surface area (Å²) in [4.78, 5) is 8.83. The first-order valence-electron chi connectivity index (χ1n) is 5.17. The van der Waals surface area contributed by atoms with Gasteiger partial charge in [-0.1, -0.05) is 17.8 Å². The first-order valence-corrected chi connectivity index (χ1v) is 6.87. The van der Waals surface area contributed by atoms with Gasteiger partial charge in [0.25, 0.3) is 0 Å². The Morgan fingerprint density at radius 3 is 2.94 bits per heavy atom. The highest BCUT2D eigenvalue weighted by Crippen LogP contribution is 2.39. The van der Waals surface area contributed by atoms with Crippen LogP contribution in [-0.4, -0.2) is 9.97 Å². The van der Waals surface area contributed by atoms with Gasteiger partial charge < -0.3 is 5.73 Å². The normalized spacial score (nSPS) is 15.2. The molecule has 5 heteroatoms. The molecule has 0 amide bonds. The standard InChI is InChI=1S/C11H11N3S2/c12-8-6-9(16-10-2-1-5-15-10)14-11(13-8)7-3-4-7/h1-2,5-7H,3-4H2,(H2,12,13,14). The second-order valence-electron chi connectivity index (χ2n) is 3.80. The smallest absolute Gasteiger partial charge is 0.135 e. The molecule has 2 N–H and O–H groups in total. The Hall–Kier alpha value is -1.07. The summed E-state index contributed by atoms with van der Waals surface area (Å²) < 4.78 is 1.24. The van der Waals surface area contributed by atoms with Crippen LogP contribution in [0.4, 0.5) is 5.82 Å². The molecule has 0 aliphatic heterocycles. The Kier molecular flexibility index (Phi) is 2.57. The number of thiophene rings is 1. The summed E-state index contributed by atoms with van der Waals surface area (Å²) in [6.45, 7) is 0. The zero-order chi connectivity index (χ0) is 11.0. The Balaban J connectivity index is 1.88. The molecule has 2 aromatic heterocycles. The molecule has 2 aromatic rings. The van der Waals surface area contributed by atoms with Gasteiger partial charge in [-0.15, -0.1) is 11.3 Å². The van der Waals surface area contributed by atoms with Crippen molar-refractivity contribution in [2.24, 2.45) is 0 Å². The van der Waals surface area contributed by atoms with Crippen molar-refractivity contribution in [3.05, 3.63) is 29.4 Å². The highest BCUT2D eigenvalue weighted by atomic mass is 32.2. The van der Waals surface area contributed by atoms with Gasteiger partial charge >= 0.3 is 0 Å². The van der Waals surface area contributed by atoms with Crippen molar-refractivity contribution in [3.8, 4) is 0 Å². The van der Waals surface area contributed by atoms with Crippen LogP contribution in [0.25, 0.3) is 0 Å². The summed E-state index contributed by atoms with van der Waals surface area (Å²) in [7, 11) is 0. The van der Waals surface area contributed by atoms with Gasteiger partial charge in [0, 0.05) is 12.0 Å². The van der Waals surface area contributed by atoms with E-state index in [2.05, 4.69) is 21.4 Å². The Bertz CT molecular complexity index is 492. The number of anilines is 1. The maximum Gasteiger partial charge on any atom is 0.135 e. The van der Waals surface area contributed by atoms with Crippen LogP contribution in [0.1, 0.15) is 24.6 Å². The Labute approximate surface area is 102 Å². The van der Waals surface area contributed by atoms with E-state index >= 15 is 0 Å². The minimum Gasteiger partial charge on any atom is -0.384 e. The van der Waals surface area contributed by atoms with E-state index in [9.17, 15) is 0 Å². The molecule has 0 aromatic carbocycles. The van der Waals surface area contributed by atoms with Crippen molar-refractivity contribution >= 4 is 28.9 Å². The van der Waals surface area contributed by atoms with Crippen LogP contribution in [0.5, 0.6) is 0 Å². The molecule has 0 unspecified atom stereocenters. The molecular formula is C11H11N3S2. The predicted molar refractivity (Wildman–Crippen MR) is 66.9 cm³/mol. The van der Waals surface area contributed by atoms with Crippen molar-refractivity contribution in [2.75, 3.05) is 5.73 Å². The SMILES string of the molecule is Nc1cc(Sc2cccs2)nc(C2CC2)n1. The van der Waals surface area contributed by atoms with Gasteiger partial charge in [0.15, 0.2) is 0 Å². The highest BCUT2D eigenvalue weighted by molar-refractivity contribution is 8.01. The number of nitrogens with two attached hydrogens (primary N) is 1. The van der Waals surface area contributed by atoms with Crippen LogP contribution >= 0.6 is 23.1 Å². The monoisotopic (exact) mass is 249 g/mol. The second-order valence-corrected chi connectivity index (χ2v) is 6.07. The molecule has 1 saturated carbocycles. The third-order valence-corrected chi connectivity index (χ3v) is 4.34. The van der Waals surface area contributed by atoms with E-state index < -0.39 is 0 Å². The first kappa shape index (κ1) is 10.1. The second kappa shape index (κ2) is 4.07. The van der Waals surface area contributed by atoms with Gasteiger partial charge in [-0.05, 0) is 24.3 Å². The lowest BCUT2D eigenvalue weighted by Gasteiger charge is -2.03. The molecule has 3 nitrogen and oxygen atoms in total. The van der Waals surface area contributed by atoms with Crippen molar-refractivity contribution < 1.29 is 0 Å². The van der Waals surface area contributed by atoms with Crippen LogP contribution in [0.2, 0.25) is 0 Å². The maximum absolute atomic E-state index is 5.79. The summed E-state index contributed by atoms with van der Waals surface area (Å²) in [5.41, 5.74) is 5.79. The zero-order valence-electron chi connectivity index (χ0n) is 8.59. The molecule has 3 rings (SSSR count). The minimum atomic E-state index is 0.547. The summed E-state index contributed by atoms with van der Waals surface area (Å²) in [6.07, 6.45) is 2.40. The van der Waals surface area contributed by atoms with Gasteiger partial charge in [-0.2, -0.15) is 0 Å². The summed E-state index contributed by atoms with van der Waals surface area (Å²) in [5, 5.41) is 3.02. The van der Waals surface area contributed by atoms with Crippen molar-refractivity contribution in [1.82, 2.24) is 9.97 Å². The van der Waals surface area contributed by atoms with Crippen molar-refractivity contribution in [3.63, 3.8) is 0 Å². The topological polar surface area (TPSA) is 51.8 Å². The number of rotatable bonds is 3. The summed E-state index contributed by atoms with van der Waals surface area (Å²) in [5.74, 6) is 2.04. The number of hydrogen-bond acceptors (Lipinski definition) is 5. The van der Waals surface area contributed by atoms with Crippen LogP contribution < -0.4 is 5.73 Å². The van der Waals surface area contributed by atoms with Crippen LogP contribution in [0.3, 0.4) is 0 Å². The van der Waals surface area contributed by atoms with Gasteiger partial charge in [-0.3, -0.25) is 0 Å². The van der Waals surface area contributed by atoms with Gasteiger partial charge in [-0.25, -0.2) is 9.97 Å². The quantitative estimate of drug-likeness (QED) is 0.849. The molecule has 0 radical (unpaired) electrons. The maximum atomic E-state index is 5.79. The number of nitrogens with zero attached hydrogens (tertiary/aromatic N) is 2. The molecule has 0 atom stereocenters. The van der Waals surface area contributed by atoms with Crippen LogP contribution in [0, 0.1) is 0 Å².